The maximum absolute atomic E-state index is 10.4. The monoisotopic (exact) mass is 248 g/mol. The topological polar surface area (TPSA) is 52.1 Å². The number of hydrogen-bond acceptors (Lipinski definition) is 5. The van der Waals surface area contributed by atoms with E-state index in [9.17, 15) is 4.79 Å². The lowest BCUT2D eigenvalue weighted by molar-refractivity contribution is 0.112. The van der Waals surface area contributed by atoms with Crippen LogP contribution in [-0.4, -0.2) is 22.9 Å². The van der Waals surface area contributed by atoms with Crippen molar-refractivity contribution in [1.29, 1.82) is 0 Å². The van der Waals surface area contributed by atoms with Gasteiger partial charge in [0.05, 0.1) is 17.8 Å². The highest BCUT2D eigenvalue weighted by molar-refractivity contribution is 7.09. The standard InChI is InChI=1S/C12H12N2O2S/c1-9-11(17-8-14-9)4-5-16-12-3-2-10(7-15)6-13-12/h2-3,6-8H,4-5H2,1H3. The normalized spacial score (nSPS) is 10.2. The van der Waals surface area contributed by atoms with E-state index in [4.69, 9.17) is 4.74 Å². The highest BCUT2D eigenvalue weighted by Gasteiger charge is 2.02. The molecule has 0 aromatic carbocycles. The minimum Gasteiger partial charge on any atom is -0.477 e. The zero-order valence-electron chi connectivity index (χ0n) is 9.42. The Kier molecular flexibility index (Phi) is 3.82. The summed E-state index contributed by atoms with van der Waals surface area (Å²) < 4.78 is 5.49. The Hall–Kier alpha value is -1.75. The van der Waals surface area contributed by atoms with Gasteiger partial charge in [-0.15, -0.1) is 11.3 Å². The first-order valence-corrected chi connectivity index (χ1v) is 6.10. The number of pyridine rings is 1. The zero-order chi connectivity index (χ0) is 12.1. The van der Waals surface area contributed by atoms with E-state index in [1.54, 1.807) is 23.5 Å². The van der Waals surface area contributed by atoms with Gasteiger partial charge >= 0.3 is 0 Å². The first-order valence-electron chi connectivity index (χ1n) is 5.22. The summed E-state index contributed by atoms with van der Waals surface area (Å²) in [6.45, 7) is 2.55. The van der Waals surface area contributed by atoms with E-state index in [1.165, 1.54) is 11.1 Å². The van der Waals surface area contributed by atoms with E-state index < -0.39 is 0 Å². The second kappa shape index (κ2) is 5.54. The maximum Gasteiger partial charge on any atom is 0.213 e. The predicted molar refractivity (Wildman–Crippen MR) is 65.7 cm³/mol. The number of ether oxygens (including phenoxy) is 1. The molecule has 88 valence electrons. The van der Waals surface area contributed by atoms with Gasteiger partial charge in [-0.2, -0.15) is 0 Å². The summed E-state index contributed by atoms with van der Waals surface area (Å²) >= 11 is 1.63. The van der Waals surface area contributed by atoms with Gasteiger partial charge in [0.2, 0.25) is 5.88 Å². The highest BCUT2D eigenvalue weighted by atomic mass is 32.1. The smallest absolute Gasteiger partial charge is 0.213 e. The van der Waals surface area contributed by atoms with Crippen LogP contribution in [0.4, 0.5) is 0 Å². The summed E-state index contributed by atoms with van der Waals surface area (Å²) in [7, 11) is 0. The van der Waals surface area contributed by atoms with Crippen molar-refractivity contribution in [1.82, 2.24) is 9.97 Å². The Morgan fingerprint density at radius 1 is 1.41 bits per heavy atom. The first-order chi connectivity index (χ1) is 8.29. The SMILES string of the molecule is Cc1ncsc1CCOc1ccc(C=O)cn1. The van der Waals surface area contributed by atoms with Gasteiger partial charge in [0.25, 0.3) is 0 Å². The fraction of sp³-hybridized carbons (Fsp3) is 0.250. The fourth-order valence-corrected chi connectivity index (χ4v) is 2.12. The van der Waals surface area contributed by atoms with Gasteiger partial charge in [-0.05, 0) is 13.0 Å². The molecule has 0 aliphatic rings. The summed E-state index contributed by atoms with van der Waals surface area (Å²) in [6, 6.07) is 3.39. The Morgan fingerprint density at radius 2 is 2.29 bits per heavy atom. The number of aryl methyl sites for hydroxylation is 1. The maximum atomic E-state index is 10.4. The van der Waals surface area contributed by atoms with Crippen molar-refractivity contribution in [2.24, 2.45) is 0 Å². The molecular formula is C12H12N2O2S. The van der Waals surface area contributed by atoms with Crippen LogP contribution in [0.25, 0.3) is 0 Å². The number of carbonyl (C=O) groups is 1. The molecule has 0 unspecified atom stereocenters. The molecular weight excluding hydrogens is 236 g/mol. The van der Waals surface area contributed by atoms with Gasteiger partial charge < -0.3 is 4.74 Å². The highest BCUT2D eigenvalue weighted by Crippen LogP contribution is 2.13. The molecule has 2 aromatic heterocycles. The van der Waals surface area contributed by atoms with Crippen molar-refractivity contribution in [3.63, 3.8) is 0 Å². The van der Waals surface area contributed by atoms with Crippen molar-refractivity contribution in [3.05, 3.63) is 40.0 Å². The summed E-state index contributed by atoms with van der Waals surface area (Å²) in [6.07, 6.45) is 3.09. The molecule has 0 fully saturated rings. The summed E-state index contributed by atoms with van der Waals surface area (Å²) in [5, 5.41) is 0. The molecule has 0 radical (unpaired) electrons. The van der Waals surface area contributed by atoms with Crippen molar-refractivity contribution >= 4 is 17.6 Å². The molecule has 5 heteroatoms. The van der Waals surface area contributed by atoms with E-state index in [0.717, 1.165) is 18.4 Å². The van der Waals surface area contributed by atoms with Crippen molar-refractivity contribution < 1.29 is 9.53 Å². The van der Waals surface area contributed by atoms with Gasteiger partial charge in [-0.1, -0.05) is 0 Å². The minimum absolute atomic E-state index is 0.540. The van der Waals surface area contributed by atoms with E-state index in [1.807, 2.05) is 12.4 Å². The van der Waals surface area contributed by atoms with E-state index in [2.05, 4.69) is 9.97 Å². The minimum atomic E-state index is 0.540. The number of hydrogen-bond donors (Lipinski definition) is 0. The van der Waals surface area contributed by atoms with Gasteiger partial charge in [0.1, 0.15) is 0 Å². The van der Waals surface area contributed by atoms with Crippen LogP contribution in [0.1, 0.15) is 20.9 Å². The molecule has 0 N–H and O–H groups in total. The lowest BCUT2D eigenvalue weighted by atomic mass is 10.3. The van der Waals surface area contributed by atoms with Crippen LogP contribution in [0.5, 0.6) is 5.88 Å². The summed E-state index contributed by atoms with van der Waals surface area (Å²) in [5.74, 6) is 0.540. The molecule has 2 rings (SSSR count). The molecule has 0 saturated carbocycles. The van der Waals surface area contributed by atoms with Crippen LogP contribution >= 0.6 is 11.3 Å². The Morgan fingerprint density at radius 3 is 2.88 bits per heavy atom. The number of aromatic nitrogens is 2. The molecule has 0 atom stereocenters. The fourth-order valence-electron chi connectivity index (χ4n) is 1.36. The van der Waals surface area contributed by atoms with Gasteiger partial charge in [-0.3, -0.25) is 4.79 Å². The molecule has 0 bridgehead atoms. The number of thiazole rings is 1. The first kappa shape index (κ1) is 11.7. The quantitative estimate of drug-likeness (QED) is 0.762. The molecule has 2 heterocycles. The second-order valence-corrected chi connectivity index (χ2v) is 4.45. The Labute approximate surface area is 103 Å². The molecule has 0 amide bonds. The summed E-state index contributed by atoms with van der Waals surface area (Å²) in [4.78, 5) is 19.9. The van der Waals surface area contributed by atoms with Crippen molar-refractivity contribution in [3.8, 4) is 5.88 Å². The third-order valence-electron chi connectivity index (χ3n) is 2.32. The van der Waals surface area contributed by atoms with Crippen LogP contribution in [-0.2, 0) is 6.42 Å². The average molecular weight is 248 g/mol. The van der Waals surface area contributed by atoms with Gasteiger partial charge in [0, 0.05) is 29.1 Å². The molecule has 0 aliphatic heterocycles. The molecule has 0 saturated heterocycles. The average Bonchev–Trinajstić information content (AvgIpc) is 2.76. The Balaban J connectivity index is 1.85. The van der Waals surface area contributed by atoms with Crippen LogP contribution in [0.3, 0.4) is 0 Å². The van der Waals surface area contributed by atoms with Crippen molar-refractivity contribution in [2.45, 2.75) is 13.3 Å². The molecule has 17 heavy (non-hydrogen) atoms. The Bertz CT molecular complexity index is 493. The molecule has 0 aliphatic carbocycles. The summed E-state index contributed by atoms with van der Waals surface area (Å²) in [5.41, 5.74) is 3.44. The second-order valence-electron chi connectivity index (χ2n) is 3.51. The lowest BCUT2D eigenvalue weighted by Gasteiger charge is -2.04. The number of aldehydes is 1. The van der Waals surface area contributed by atoms with Crippen LogP contribution < -0.4 is 4.74 Å². The predicted octanol–water partition coefficient (Wildman–Crippen LogP) is 2.28. The third-order valence-corrected chi connectivity index (χ3v) is 3.31. The molecule has 2 aromatic rings. The number of nitrogens with zero attached hydrogens (tertiary/aromatic N) is 2. The zero-order valence-corrected chi connectivity index (χ0v) is 10.2. The van der Waals surface area contributed by atoms with Crippen LogP contribution in [0, 0.1) is 6.92 Å². The lowest BCUT2D eigenvalue weighted by Crippen LogP contribution is -2.02. The molecule has 4 nitrogen and oxygen atoms in total. The number of carbonyl (C=O) groups excluding carboxylic acids is 1. The van der Waals surface area contributed by atoms with E-state index in [0.29, 0.717) is 18.1 Å². The molecule has 0 spiro atoms. The van der Waals surface area contributed by atoms with Crippen molar-refractivity contribution in [2.75, 3.05) is 6.61 Å². The largest absolute Gasteiger partial charge is 0.477 e. The van der Waals surface area contributed by atoms with E-state index in [-0.39, 0.29) is 0 Å². The van der Waals surface area contributed by atoms with Crippen LogP contribution in [0.15, 0.2) is 23.8 Å². The van der Waals surface area contributed by atoms with E-state index >= 15 is 0 Å². The van der Waals surface area contributed by atoms with Crippen LogP contribution in [0.2, 0.25) is 0 Å². The van der Waals surface area contributed by atoms with Gasteiger partial charge in [-0.25, -0.2) is 9.97 Å². The van der Waals surface area contributed by atoms with Gasteiger partial charge in [0.15, 0.2) is 6.29 Å². The third kappa shape index (κ3) is 3.10. The number of rotatable bonds is 5.